The molecule has 1 unspecified atom stereocenters. The number of aliphatic carboxylic acids is 1. The lowest BCUT2D eigenvalue weighted by atomic mass is 10.00. The molecule has 1 radical (unpaired) electrons. The molecule has 0 spiro atoms. The molecule has 0 aromatic carbocycles. The van der Waals surface area contributed by atoms with E-state index in [1.807, 2.05) is 13.8 Å². The van der Waals surface area contributed by atoms with Crippen molar-refractivity contribution in [3.63, 3.8) is 0 Å². The van der Waals surface area contributed by atoms with Crippen molar-refractivity contribution in [2.75, 3.05) is 0 Å². The molecule has 3 nitrogen and oxygen atoms in total. The van der Waals surface area contributed by atoms with Crippen molar-refractivity contribution in [2.24, 2.45) is 5.92 Å². The zero-order valence-electron chi connectivity index (χ0n) is 6.42. The van der Waals surface area contributed by atoms with E-state index in [1.165, 1.54) is 0 Å². The Kier molecular flexibility index (Phi) is 4.03. The number of hydrogen-bond donors (Lipinski definition) is 2. The highest BCUT2D eigenvalue weighted by Gasteiger charge is 2.20. The van der Waals surface area contributed by atoms with Crippen LogP contribution in [0.5, 0.6) is 0 Å². The molecule has 0 aliphatic rings. The van der Waals surface area contributed by atoms with Gasteiger partial charge in [-0.25, -0.2) is 0 Å². The van der Waals surface area contributed by atoms with E-state index in [-0.39, 0.29) is 5.92 Å². The minimum Gasteiger partial charge on any atom is -0.480 e. The topological polar surface area (TPSA) is 49.3 Å². The van der Waals surface area contributed by atoms with E-state index < -0.39 is 12.0 Å². The van der Waals surface area contributed by atoms with Gasteiger partial charge >= 0.3 is 5.97 Å². The molecule has 10 heavy (non-hydrogen) atoms. The maximum atomic E-state index is 10.4. The van der Waals surface area contributed by atoms with Crippen molar-refractivity contribution in [1.82, 2.24) is 5.32 Å². The van der Waals surface area contributed by atoms with E-state index in [1.54, 1.807) is 0 Å². The number of hydrogen-bond acceptors (Lipinski definition) is 2. The van der Waals surface area contributed by atoms with Gasteiger partial charge in [-0.05, 0) is 5.92 Å². The van der Waals surface area contributed by atoms with Crippen LogP contribution in [0.3, 0.4) is 0 Å². The number of nitrogens with one attached hydrogen (secondary N) is 1. The second-order valence-electron chi connectivity index (χ2n) is 2.41. The SMILES string of the molecule is [CH2]N[C@H](C(=O)O)C(C)CC. The van der Waals surface area contributed by atoms with E-state index in [2.05, 4.69) is 12.4 Å². The van der Waals surface area contributed by atoms with Crippen LogP contribution in [-0.2, 0) is 4.79 Å². The summed E-state index contributed by atoms with van der Waals surface area (Å²) in [6.07, 6.45) is 0.847. The molecule has 0 saturated heterocycles. The molecule has 0 fully saturated rings. The zero-order chi connectivity index (χ0) is 8.15. The summed E-state index contributed by atoms with van der Waals surface area (Å²) in [5.41, 5.74) is 0. The van der Waals surface area contributed by atoms with Crippen molar-refractivity contribution in [2.45, 2.75) is 26.3 Å². The molecule has 2 atom stereocenters. The summed E-state index contributed by atoms with van der Waals surface area (Å²) >= 11 is 0. The molecule has 0 rings (SSSR count). The zero-order valence-corrected chi connectivity index (χ0v) is 6.42. The smallest absolute Gasteiger partial charge is 0.320 e. The summed E-state index contributed by atoms with van der Waals surface area (Å²) in [7, 11) is 3.35. The van der Waals surface area contributed by atoms with Crippen LogP contribution in [-0.4, -0.2) is 17.1 Å². The van der Waals surface area contributed by atoms with Crippen molar-refractivity contribution in [3.05, 3.63) is 7.05 Å². The number of carboxylic acids is 1. The summed E-state index contributed by atoms with van der Waals surface area (Å²) in [5.74, 6) is -0.695. The van der Waals surface area contributed by atoms with Crippen LogP contribution in [0, 0.1) is 13.0 Å². The molecule has 0 bridgehead atoms. The first kappa shape index (κ1) is 9.43. The van der Waals surface area contributed by atoms with Gasteiger partial charge in [-0.2, -0.15) is 0 Å². The van der Waals surface area contributed by atoms with E-state index in [0.29, 0.717) is 0 Å². The molecule has 0 aliphatic carbocycles. The third-order valence-electron chi connectivity index (χ3n) is 1.70. The third-order valence-corrected chi connectivity index (χ3v) is 1.70. The normalized spacial score (nSPS) is 16.3. The Hall–Kier alpha value is -0.570. The van der Waals surface area contributed by atoms with Crippen molar-refractivity contribution < 1.29 is 9.90 Å². The van der Waals surface area contributed by atoms with Gasteiger partial charge in [-0.1, -0.05) is 20.3 Å². The first-order valence-electron chi connectivity index (χ1n) is 3.38. The molecule has 0 amide bonds. The van der Waals surface area contributed by atoms with E-state index in [4.69, 9.17) is 5.11 Å². The van der Waals surface area contributed by atoms with Gasteiger partial charge in [0.15, 0.2) is 0 Å². The Morgan fingerprint density at radius 2 is 2.30 bits per heavy atom. The molecule has 3 heteroatoms. The summed E-state index contributed by atoms with van der Waals surface area (Å²) in [6, 6.07) is -0.509. The van der Waals surface area contributed by atoms with Gasteiger partial charge in [0.05, 0.1) is 0 Å². The molecular weight excluding hydrogens is 130 g/mol. The molecule has 2 N–H and O–H groups in total. The van der Waals surface area contributed by atoms with Gasteiger partial charge in [-0.3, -0.25) is 4.79 Å². The van der Waals surface area contributed by atoms with Crippen molar-refractivity contribution >= 4 is 5.97 Å². The Morgan fingerprint density at radius 3 is 2.40 bits per heavy atom. The first-order valence-corrected chi connectivity index (χ1v) is 3.38. The van der Waals surface area contributed by atoms with Crippen molar-refractivity contribution in [3.8, 4) is 0 Å². The van der Waals surface area contributed by atoms with Crippen LogP contribution in [0.1, 0.15) is 20.3 Å². The molecule has 0 saturated carbocycles. The maximum absolute atomic E-state index is 10.4. The van der Waals surface area contributed by atoms with Crippen LogP contribution in [0.2, 0.25) is 0 Å². The highest BCUT2D eigenvalue weighted by Crippen LogP contribution is 2.06. The van der Waals surface area contributed by atoms with Gasteiger partial charge < -0.3 is 10.4 Å². The molecule has 59 valence electrons. The molecule has 0 aromatic heterocycles. The van der Waals surface area contributed by atoms with Gasteiger partial charge in [-0.15, -0.1) is 0 Å². The van der Waals surface area contributed by atoms with Crippen LogP contribution >= 0.6 is 0 Å². The standard InChI is InChI=1S/C7H14NO2/c1-4-5(2)6(8-3)7(9)10/h5-6,8H,3-4H2,1-2H3,(H,9,10)/t5?,6-/m0/s1. The highest BCUT2D eigenvalue weighted by molar-refractivity contribution is 5.73. The molecular formula is C7H14NO2. The fraction of sp³-hybridized carbons (Fsp3) is 0.714. The van der Waals surface area contributed by atoms with Gasteiger partial charge in [0.25, 0.3) is 0 Å². The van der Waals surface area contributed by atoms with Gasteiger partial charge in [0.2, 0.25) is 0 Å². The van der Waals surface area contributed by atoms with Gasteiger partial charge in [0, 0.05) is 7.05 Å². The fourth-order valence-corrected chi connectivity index (χ4v) is 0.768. The number of carboxylic acid groups (broad SMARTS) is 1. The van der Waals surface area contributed by atoms with E-state index in [9.17, 15) is 4.79 Å². The third kappa shape index (κ3) is 2.35. The Bertz CT molecular complexity index is 114. The number of carbonyl (C=O) groups is 1. The predicted octanol–water partition coefficient (Wildman–Crippen LogP) is 0.867. The Labute approximate surface area is 61.4 Å². The lowest BCUT2D eigenvalue weighted by molar-refractivity contribution is -0.140. The lowest BCUT2D eigenvalue weighted by Gasteiger charge is -2.16. The molecule has 0 aliphatic heterocycles. The van der Waals surface area contributed by atoms with Crippen molar-refractivity contribution in [1.29, 1.82) is 0 Å². The average Bonchev–Trinajstić information content (AvgIpc) is 1.88. The lowest BCUT2D eigenvalue weighted by Crippen LogP contribution is -2.38. The first-order chi connectivity index (χ1) is 4.63. The average molecular weight is 144 g/mol. The van der Waals surface area contributed by atoms with E-state index in [0.717, 1.165) is 6.42 Å². The maximum Gasteiger partial charge on any atom is 0.320 e. The largest absolute Gasteiger partial charge is 0.480 e. The van der Waals surface area contributed by atoms with Crippen LogP contribution < -0.4 is 5.32 Å². The van der Waals surface area contributed by atoms with Gasteiger partial charge in [0.1, 0.15) is 6.04 Å². The molecule has 0 aromatic rings. The summed E-state index contributed by atoms with van der Waals surface area (Å²) in [4.78, 5) is 10.4. The van der Waals surface area contributed by atoms with Crippen LogP contribution in [0.4, 0.5) is 0 Å². The van der Waals surface area contributed by atoms with Crippen LogP contribution in [0.15, 0.2) is 0 Å². The number of rotatable bonds is 4. The molecule has 0 heterocycles. The second-order valence-corrected chi connectivity index (χ2v) is 2.41. The van der Waals surface area contributed by atoms with Crippen LogP contribution in [0.25, 0.3) is 0 Å². The Morgan fingerprint density at radius 1 is 1.80 bits per heavy atom. The fourth-order valence-electron chi connectivity index (χ4n) is 0.768. The monoisotopic (exact) mass is 144 g/mol. The summed E-state index contributed by atoms with van der Waals surface area (Å²) in [5, 5.41) is 11.1. The minimum atomic E-state index is -0.829. The predicted molar refractivity (Wildman–Crippen MR) is 39.4 cm³/mol. The Balaban J connectivity index is 3.92. The van der Waals surface area contributed by atoms with E-state index >= 15 is 0 Å². The minimum absolute atomic E-state index is 0.134. The second kappa shape index (κ2) is 4.28. The quantitative estimate of drug-likeness (QED) is 0.615. The summed E-state index contributed by atoms with van der Waals surface area (Å²) in [6.45, 7) is 3.84. The summed E-state index contributed by atoms with van der Waals surface area (Å²) < 4.78 is 0. The highest BCUT2D eigenvalue weighted by atomic mass is 16.4.